The van der Waals surface area contributed by atoms with Gasteiger partial charge in [0.15, 0.2) is 0 Å². The van der Waals surface area contributed by atoms with Gasteiger partial charge in [0.05, 0.1) is 6.61 Å². The lowest BCUT2D eigenvalue weighted by Crippen LogP contribution is -2.22. The predicted molar refractivity (Wildman–Crippen MR) is 55.2 cm³/mol. The lowest BCUT2D eigenvalue weighted by atomic mass is 9.89. The highest BCUT2D eigenvalue weighted by Gasteiger charge is 2.24. The molecule has 0 aliphatic heterocycles. The molecule has 0 N–H and O–H groups in total. The third-order valence-electron chi connectivity index (χ3n) is 2.64. The molecular weight excluding hydrogens is 178 g/mol. The Balaban J connectivity index is 2.81. The molecule has 0 saturated carbocycles. The van der Waals surface area contributed by atoms with Crippen LogP contribution >= 0.6 is 0 Å². The Kier molecular flexibility index (Phi) is 3.63. The molecule has 4 heteroatoms. The lowest BCUT2D eigenvalue weighted by molar-refractivity contribution is 0.184. The first-order valence-electron chi connectivity index (χ1n) is 4.99. The number of hydrogen-bond acceptors (Lipinski definition) is 3. The topological polar surface area (TPSA) is 39.9 Å². The second-order valence-corrected chi connectivity index (χ2v) is 4.08. The summed E-state index contributed by atoms with van der Waals surface area (Å²) in [4.78, 5) is 0. The fourth-order valence-corrected chi connectivity index (χ4v) is 1.29. The Morgan fingerprint density at radius 2 is 2.21 bits per heavy atom. The molecule has 4 nitrogen and oxygen atoms in total. The van der Waals surface area contributed by atoms with Gasteiger partial charge >= 0.3 is 0 Å². The molecule has 1 heterocycles. The zero-order valence-electron chi connectivity index (χ0n) is 9.45. The van der Waals surface area contributed by atoms with E-state index >= 15 is 0 Å². The summed E-state index contributed by atoms with van der Waals surface area (Å²) in [6, 6.07) is 0. The van der Waals surface area contributed by atoms with Gasteiger partial charge < -0.3 is 9.30 Å². The fourth-order valence-electron chi connectivity index (χ4n) is 1.29. The van der Waals surface area contributed by atoms with Crippen molar-refractivity contribution in [3.05, 3.63) is 12.2 Å². The summed E-state index contributed by atoms with van der Waals surface area (Å²) in [5.74, 6) is 1.04. The highest BCUT2D eigenvalue weighted by molar-refractivity contribution is 5.03. The van der Waals surface area contributed by atoms with Crippen LogP contribution in [0, 0.1) is 0 Å². The Bertz CT molecular complexity index is 281. The molecule has 0 aliphatic carbocycles. The van der Waals surface area contributed by atoms with Crippen LogP contribution < -0.4 is 0 Å². The maximum atomic E-state index is 5.04. The summed E-state index contributed by atoms with van der Waals surface area (Å²) in [6.45, 7) is 8.04. The first-order valence-corrected chi connectivity index (χ1v) is 4.99. The van der Waals surface area contributed by atoms with Gasteiger partial charge in [-0.2, -0.15) is 0 Å². The largest absolute Gasteiger partial charge is 0.383 e. The van der Waals surface area contributed by atoms with E-state index in [0.717, 1.165) is 18.8 Å². The van der Waals surface area contributed by atoms with Gasteiger partial charge in [-0.15, -0.1) is 10.2 Å². The quantitative estimate of drug-likeness (QED) is 0.720. The number of rotatable bonds is 5. The lowest BCUT2D eigenvalue weighted by Gasteiger charge is -2.22. The van der Waals surface area contributed by atoms with Crippen molar-refractivity contribution in [2.75, 3.05) is 13.7 Å². The first-order chi connectivity index (χ1) is 6.61. The second kappa shape index (κ2) is 4.55. The van der Waals surface area contributed by atoms with E-state index in [1.807, 2.05) is 0 Å². The van der Waals surface area contributed by atoms with Gasteiger partial charge in [0.1, 0.15) is 12.2 Å². The van der Waals surface area contributed by atoms with Gasteiger partial charge in [-0.1, -0.05) is 20.8 Å². The van der Waals surface area contributed by atoms with Crippen LogP contribution in [0.1, 0.15) is 33.0 Å². The normalized spacial score (nSPS) is 12.0. The third kappa shape index (κ3) is 2.32. The van der Waals surface area contributed by atoms with E-state index in [9.17, 15) is 0 Å². The van der Waals surface area contributed by atoms with Crippen molar-refractivity contribution in [1.82, 2.24) is 14.8 Å². The molecule has 0 amide bonds. The molecular formula is C10H19N3O. The van der Waals surface area contributed by atoms with E-state index in [0.29, 0.717) is 6.61 Å². The van der Waals surface area contributed by atoms with Crippen molar-refractivity contribution >= 4 is 0 Å². The highest BCUT2D eigenvalue weighted by Crippen LogP contribution is 2.24. The summed E-state index contributed by atoms with van der Waals surface area (Å²) < 4.78 is 7.10. The molecule has 0 fully saturated rings. The van der Waals surface area contributed by atoms with Crippen LogP contribution in [0.5, 0.6) is 0 Å². The summed E-state index contributed by atoms with van der Waals surface area (Å²) in [5, 5.41) is 8.12. The molecule has 0 bridgehead atoms. The van der Waals surface area contributed by atoms with Crippen LogP contribution in [0.25, 0.3) is 0 Å². The predicted octanol–water partition coefficient (Wildman–Crippen LogP) is 1.61. The molecule has 0 spiro atoms. The fraction of sp³-hybridized carbons (Fsp3) is 0.800. The molecule has 14 heavy (non-hydrogen) atoms. The van der Waals surface area contributed by atoms with E-state index in [1.165, 1.54) is 0 Å². The van der Waals surface area contributed by atoms with Gasteiger partial charge in [0.2, 0.25) is 0 Å². The summed E-state index contributed by atoms with van der Waals surface area (Å²) in [7, 11) is 1.70. The molecule has 0 saturated heterocycles. The van der Waals surface area contributed by atoms with Crippen molar-refractivity contribution in [3.63, 3.8) is 0 Å². The Morgan fingerprint density at radius 1 is 1.50 bits per heavy atom. The molecule has 1 aromatic rings. The van der Waals surface area contributed by atoms with Gasteiger partial charge in [0, 0.05) is 19.1 Å². The number of hydrogen-bond donors (Lipinski definition) is 0. The number of aromatic nitrogens is 3. The molecule has 0 atom stereocenters. The van der Waals surface area contributed by atoms with Gasteiger partial charge in [-0.05, 0) is 6.42 Å². The van der Waals surface area contributed by atoms with Crippen molar-refractivity contribution < 1.29 is 4.74 Å². The van der Waals surface area contributed by atoms with E-state index in [-0.39, 0.29) is 5.41 Å². The summed E-state index contributed by atoms with van der Waals surface area (Å²) >= 11 is 0. The van der Waals surface area contributed by atoms with E-state index in [2.05, 4.69) is 35.5 Å². The molecule has 0 unspecified atom stereocenters. The zero-order valence-corrected chi connectivity index (χ0v) is 9.45. The molecule has 0 aromatic carbocycles. The van der Waals surface area contributed by atoms with Crippen molar-refractivity contribution in [2.24, 2.45) is 0 Å². The number of ether oxygens (including phenoxy) is 1. The SMILES string of the molecule is CCC(C)(C)c1nncn1CCOC. The average molecular weight is 197 g/mol. The maximum Gasteiger partial charge on any atom is 0.138 e. The highest BCUT2D eigenvalue weighted by atomic mass is 16.5. The summed E-state index contributed by atoms with van der Waals surface area (Å²) in [6.07, 6.45) is 2.82. The minimum Gasteiger partial charge on any atom is -0.383 e. The van der Waals surface area contributed by atoms with E-state index in [1.54, 1.807) is 13.4 Å². The number of nitrogens with zero attached hydrogens (tertiary/aromatic N) is 3. The Hall–Kier alpha value is -0.900. The monoisotopic (exact) mass is 197 g/mol. The van der Waals surface area contributed by atoms with E-state index < -0.39 is 0 Å². The second-order valence-electron chi connectivity index (χ2n) is 4.08. The van der Waals surface area contributed by atoms with Crippen LogP contribution in [-0.4, -0.2) is 28.5 Å². The van der Waals surface area contributed by atoms with Gasteiger partial charge in [-0.25, -0.2) is 0 Å². The minimum absolute atomic E-state index is 0.0875. The third-order valence-corrected chi connectivity index (χ3v) is 2.64. The molecule has 0 aliphatic rings. The van der Waals surface area contributed by atoms with E-state index in [4.69, 9.17) is 4.74 Å². The number of methoxy groups -OCH3 is 1. The van der Waals surface area contributed by atoms with Gasteiger partial charge in [0.25, 0.3) is 0 Å². The van der Waals surface area contributed by atoms with Crippen molar-refractivity contribution in [2.45, 2.75) is 39.2 Å². The molecule has 80 valence electrons. The Labute approximate surface area is 85.3 Å². The summed E-state index contributed by atoms with van der Waals surface area (Å²) in [5.41, 5.74) is 0.0875. The van der Waals surface area contributed by atoms with Crippen LogP contribution in [-0.2, 0) is 16.7 Å². The molecule has 0 radical (unpaired) electrons. The average Bonchev–Trinajstić information content (AvgIpc) is 2.63. The van der Waals surface area contributed by atoms with Crippen LogP contribution in [0.2, 0.25) is 0 Å². The van der Waals surface area contributed by atoms with Gasteiger partial charge in [-0.3, -0.25) is 0 Å². The van der Waals surface area contributed by atoms with Crippen LogP contribution in [0.4, 0.5) is 0 Å². The molecule has 1 aromatic heterocycles. The zero-order chi connectivity index (χ0) is 10.6. The maximum absolute atomic E-state index is 5.04. The van der Waals surface area contributed by atoms with Crippen molar-refractivity contribution in [3.8, 4) is 0 Å². The Morgan fingerprint density at radius 3 is 2.79 bits per heavy atom. The van der Waals surface area contributed by atoms with Crippen LogP contribution in [0.3, 0.4) is 0 Å². The smallest absolute Gasteiger partial charge is 0.138 e. The molecule has 1 rings (SSSR count). The van der Waals surface area contributed by atoms with Crippen LogP contribution in [0.15, 0.2) is 6.33 Å². The van der Waals surface area contributed by atoms with Crippen molar-refractivity contribution in [1.29, 1.82) is 0 Å². The standard InChI is InChI=1S/C10H19N3O/c1-5-10(2,3)9-12-11-8-13(9)6-7-14-4/h8H,5-7H2,1-4H3. The first kappa shape index (κ1) is 11.2. The minimum atomic E-state index is 0.0875.